The molecule has 0 aromatic heterocycles. The normalized spacial score (nSPS) is 31.0. The first-order valence-electron chi connectivity index (χ1n) is 4.48. The maximum Gasteiger partial charge on any atom is 0.142 e. The van der Waals surface area contributed by atoms with E-state index in [-0.39, 0.29) is 21.7 Å². The quantitative estimate of drug-likeness (QED) is 0.696. The third kappa shape index (κ3) is 1.77. The Balaban J connectivity index is 2.84. The molecule has 0 bridgehead atoms. The molecule has 0 aliphatic heterocycles. The van der Waals surface area contributed by atoms with Crippen LogP contribution in [0.2, 0.25) is 0 Å². The van der Waals surface area contributed by atoms with Gasteiger partial charge in [0.2, 0.25) is 0 Å². The molecular weight excluding hydrogens is 207 g/mol. The number of halogens is 2. The van der Waals surface area contributed by atoms with Gasteiger partial charge in [-0.2, -0.15) is 0 Å². The van der Waals surface area contributed by atoms with Crippen LogP contribution in [0, 0.1) is 17.3 Å². The molecule has 1 aliphatic rings. The zero-order valence-electron chi connectivity index (χ0n) is 8.10. The summed E-state index contributed by atoms with van der Waals surface area (Å²) in [4.78, 5) is 11.6. The average molecular weight is 221 g/mol. The van der Waals surface area contributed by atoms with Gasteiger partial charge in [-0.25, -0.2) is 0 Å². The maximum absolute atomic E-state index is 11.6. The second kappa shape index (κ2) is 3.62. The van der Waals surface area contributed by atoms with E-state index >= 15 is 0 Å². The lowest BCUT2D eigenvalue weighted by atomic mass is 9.54. The largest absolute Gasteiger partial charge is 0.299 e. The van der Waals surface area contributed by atoms with E-state index in [1.165, 1.54) is 0 Å². The SMILES string of the molecule is CCC1C(=O)C(C)(C)C1C=C(Cl)Cl. The summed E-state index contributed by atoms with van der Waals surface area (Å²) in [5, 5.41) is 0. The van der Waals surface area contributed by atoms with E-state index in [0.717, 1.165) is 6.42 Å². The van der Waals surface area contributed by atoms with Crippen LogP contribution in [0.5, 0.6) is 0 Å². The first-order valence-corrected chi connectivity index (χ1v) is 5.24. The lowest BCUT2D eigenvalue weighted by Gasteiger charge is -2.48. The minimum Gasteiger partial charge on any atom is -0.299 e. The molecule has 0 saturated heterocycles. The summed E-state index contributed by atoms with van der Waals surface area (Å²) in [6.07, 6.45) is 2.66. The number of ketones is 1. The number of rotatable bonds is 2. The maximum atomic E-state index is 11.6. The molecule has 1 nitrogen and oxygen atoms in total. The molecule has 13 heavy (non-hydrogen) atoms. The van der Waals surface area contributed by atoms with Gasteiger partial charge < -0.3 is 0 Å². The molecule has 0 radical (unpaired) electrons. The summed E-state index contributed by atoms with van der Waals surface area (Å²) in [5.41, 5.74) is -0.282. The van der Waals surface area contributed by atoms with Gasteiger partial charge in [0.1, 0.15) is 10.3 Å². The monoisotopic (exact) mass is 220 g/mol. The Hall–Kier alpha value is -0.0100. The van der Waals surface area contributed by atoms with Gasteiger partial charge in [0.25, 0.3) is 0 Å². The van der Waals surface area contributed by atoms with Crippen molar-refractivity contribution in [3.8, 4) is 0 Å². The zero-order chi connectivity index (χ0) is 10.2. The molecule has 1 rings (SSSR count). The molecular formula is C10H14Cl2O. The van der Waals surface area contributed by atoms with Crippen LogP contribution in [0.25, 0.3) is 0 Å². The number of carbonyl (C=O) groups is 1. The van der Waals surface area contributed by atoms with Crippen LogP contribution in [-0.4, -0.2) is 5.78 Å². The Morgan fingerprint density at radius 2 is 2.08 bits per heavy atom. The Bertz CT molecular complexity index is 252. The highest BCUT2D eigenvalue weighted by atomic mass is 35.5. The molecule has 0 aromatic rings. The van der Waals surface area contributed by atoms with E-state index in [0.29, 0.717) is 5.78 Å². The predicted octanol–water partition coefficient (Wildman–Crippen LogP) is 3.56. The minimum absolute atomic E-state index is 0.113. The molecule has 1 aliphatic carbocycles. The molecule has 0 aromatic carbocycles. The molecule has 3 heteroatoms. The molecule has 0 spiro atoms. The minimum atomic E-state index is -0.282. The Morgan fingerprint density at radius 3 is 2.46 bits per heavy atom. The van der Waals surface area contributed by atoms with Crippen molar-refractivity contribution in [2.75, 3.05) is 0 Å². The first-order chi connectivity index (χ1) is 5.91. The van der Waals surface area contributed by atoms with Gasteiger partial charge in [-0.1, -0.05) is 44.0 Å². The number of hydrogen-bond acceptors (Lipinski definition) is 1. The second-order valence-corrected chi connectivity index (χ2v) is 5.09. The van der Waals surface area contributed by atoms with Crippen molar-refractivity contribution < 1.29 is 4.79 Å². The van der Waals surface area contributed by atoms with Crippen molar-refractivity contribution in [1.82, 2.24) is 0 Å². The molecule has 0 amide bonds. The fourth-order valence-electron chi connectivity index (χ4n) is 2.11. The number of Topliss-reactive ketones (excluding diaryl/α,β-unsaturated/α-hetero) is 1. The average Bonchev–Trinajstić information content (AvgIpc) is 2.03. The van der Waals surface area contributed by atoms with Crippen molar-refractivity contribution in [3.05, 3.63) is 10.6 Å². The summed E-state index contributed by atoms with van der Waals surface area (Å²) < 4.78 is 0.268. The molecule has 0 heterocycles. The molecule has 74 valence electrons. The van der Waals surface area contributed by atoms with E-state index in [9.17, 15) is 4.79 Å². The van der Waals surface area contributed by atoms with Gasteiger partial charge in [-0.05, 0) is 12.5 Å². The van der Waals surface area contributed by atoms with E-state index in [2.05, 4.69) is 0 Å². The molecule has 1 fully saturated rings. The highest BCUT2D eigenvalue weighted by Gasteiger charge is 2.53. The van der Waals surface area contributed by atoms with Crippen LogP contribution < -0.4 is 0 Å². The number of allylic oxidation sites excluding steroid dienone is 1. The first kappa shape index (κ1) is 11.1. The van der Waals surface area contributed by atoms with Crippen molar-refractivity contribution >= 4 is 29.0 Å². The topological polar surface area (TPSA) is 17.1 Å². The fourth-order valence-corrected chi connectivity index (χ4v) is 2.38. The third-order valence-electron chi connectivity index (χ3n) is 2.98. The van der Waals surface area contributed by atoms with Crippen LogP contribution >= 0.6 is 23.2 Å². The summed E-state index contributed by atoms with van der Waals surface area (Å²) in [5.74, 6) is 0.642. The van der Waals surface area contributed by atoms with Crippen LogP contribution in [0.1, 0.15) is 27.2 Å². The van der Waals surface area contributed by atoms with Gasteiger partial charge in [-0.3, -0.25) is 4.79 Å². The second-order valence-electron chi connectivity index (χ2n) is 4.08. The Labute approximate surface area is 89.1 Å². The number of carbonyl (C=O) groups excluding carboxylic acids is 1. The van der Waals surface area contributed by atoms with Crippen LogP contribution in [0.3, 0.4) is 0 Å². The summed E-state index contributed by atoms with van der Waals surface area (Å²) in [6.45, 7) is 5.90. The third-order valence-corrected chi connectivity index (χ3v) is 3.24. The van der Waals surface area contributed by atoms with Gasteiger partial charge >= 0.3 is 0 Å². The highest BCUT2D eigenvalue weighted by molar-refractivity contribution is 6.55. The summed E-state index contributed by atoms with van der Waals surface area (Å²) in [7, 11) is 0. The van der Waals surface area contributed by atoms with E-state index < -0.39 is 0 Å². The van der Waals surface area contributed by atoms with Crippen LogP contribution in [0.15, 0.2) is 10.6 Å². The van der Waals surface area contributed by atoms with E-state index in [1.807, 2.05) is 20.8 Å². The van der Waals surface area contributed by atoms with Gasteiger partial charge in [0.05, 0.1) is 0 Å². The van der Waals surface area contributed by atoms with Gasteiger partial charge in [0, 0.05) is 17.3 Å². The number of hydrogen-bond donors (Lipinski definition) is 0. The van der Waals surface area contributed by atoms with E-state index in [1.54, 1.807) is 6.08 Å². The molecule has 2 atom stereocenters. The lowest BCUT2D eigenvalue weighted by Crippen LogP contribution is -2.53. The van der Waals surface area contributed by atoms with Crippen molar-refractivity contribution in [3.63, 3.8) is 0 Å². The standard InChI is InChI=1S/C10H14Cl2O/c1-4-6-7(5-8(11)12)10(2,3)9(6)13/h5-7H,4H2,1-3H3. The van der Waals surface area contributed by atoms with Crippen LogP contribution in [0.4, 0.5) is 0 Å². The van der Waals surface area contributed by atoms with E-state index in [4.69, 9.17) is 23.2 Å². The van der Waals surface area contributed by atoms with Crippen molar-refractivity contribution in [1.29, 1.82) is 0 Å². The lowest BCUT2D eigenvalue weighted by molar-refractivity contribution is -0.149. The summed E-state index contributed by atoms with van der Waals surface area (Å²) >= 11 is 11.2. The molecule has 1 saturated carbocycles. The van der Waals surface area contributed by atoms with Crippen LogP contribution in [-0.2, 0) is 4.79 Å². The van der Waals surface area contributed by atoms with Crippen molar-refractivity contribution in [2.45, 2.75) is 27.2 Å². The Morgan fingerprint density at radius 1 is 1.54 bits per heavy atom. The molecule has 2 unspecified atom stereocenters. The van der Waals surface area contributed by atoms with Gasteiger partial charge in [-0.15, -0.1) is 0 Å². The Kier molecular flexibility index (Phi) is 3.09. The highest BCUT2D eigenvalue weighted by Crippen LogP contribution is 2.50. The fraction of sp³-hybridized carbons (Fsp3) is 0.700. The smallest absolute Gasteiger partial charge is 0.142 e. The van der Waals surface area contributed by atoms with Crippen molar-refractivity contribution in [2.24, 2.45) is 17.3 Å². The molecule has 0 N–H and O–H groups in total. The summed E-state index contributed by atoms with van der Waals surface area (Å²) in [6, 6.07) is 0. The van der Waals surface area contributed by atoms with Gasteiger partial charge in [0.15, 0.2) is 0 Å². The predicted molar refractivity (Wildman–Crippen MR) is 55.8 cm³/mol. The zero-order valence-corrected chi connectivity index (χ0v) is 9.62.